The molecule has 0 amide bonds. The summed E-state index contributed by atoms with van der Waals surface area (Å²) in [5, 5.41) is 11.7. The molecule has 0 radical (unpaired) electrons. The zero-order chi connectivity index (χ0) is 7.40. The van der Waals surface area contributed by atoms with E-state index in [-0.39, 0.29) is 6.10 Å². The van der Waals surface area contributed by atoms with Gasteiger partial charge in [0.15, 0.2) is 6.19 Å². The molecule has 0 spiro atoms. The first-order chi connectivity index (χ1) is 4.86. The Morgan fingerprint density at radius 3 is 3.10 bits per heavy atom. The van der Waals surface area contributed by atoms with Crippen molar-refractivity contribution in [2.45, 2.75) is 12.5 Å². The third kappa shape index (κ3) is 1.38. The van der Waals surface area contributed by atoms with Gasteiger partial charge in [-0.2, -0.15) is 5.26 Å². The third-order valence-electron chi connectivity index (χ3n) is 1.51. The normalized spacial score (nSPS) is 23.9. The van der Waals surface area contributed by atoms with Gasteiger partial charge in [0.1, 0.15) is 6.10 Å². The maximum absolute atomic E-state index is 8.43. The van der Waals surface area contributed by atoms with Crippen LogP contribution in [-0.2, 0) is 4.84 Å². The van der Waals surface area contributed by atoms with Crippen LogP contribution in [0.2, 0.25) is 0 Å². The van der Waals surface area contributed by atoms with Gasteiger partial charge < -0.3 is 9.74 Å². The van der Waals surface area contributed by atoms with Crippen molar-refractivity contribution in [3.8, 4) is 6.19 Å². The summed E-state index contributed by atoms with van der Waals surface area (Å²) in [4.78, 5) is 6.50. The van der Waals surface area contributed by atoms with Gasteiger partial charge >= 0.3 is 0 Å². The fourth-order valence-corrected chi connectivity index (χ4v) is 1.01. The number of oxime groups is 1. The average molecular weight is 139 g/mol. The first-order valence-electron chi connectivity index (χ1n) is 3.13. The number of rotatable bonds is 2. The molecule has 4 nitrogen and oxygen atoms in total. The Kier molecular flexibility index (Phi) is 2.11. The van der Waals surface area contributed by atoms with E-state index < -0.39 is 0 Å². The van der Waals surface area contributed by atoms with Gasteiger partial charge in [0, 0.05) is 19.7 Å². The topological polar surface area (TPSA) is 48.6 Å². The van der Waals surface area contributed by atoms with E-state index in [4.69, 9.17) is 10.1 Å². The number of hydrogen-bond donors (Lipinski definition) is 0. The van der Waals surface area contributed by atoms with Gasteiger partial charge in [0.2, 0.25) is 0 Å². The molecule has 1 fully saturated rings. The van der Waals surface area contributed by atoms with Gasteiger partial charge in [-0.3, -0.25) is 0 Å². The van der Waals surface area contributed by atoms with E-state index in [1.807, 2.05) is 6.19 Å². The zero-order valence-electron chi connectivity index (χ0n) is 5.66. The van der Waals surface area contributed by atoms with Crippen LogP contribution in [0, 0.1) is 11.5 Å². The molecule has 0 aromatic carbocycles. The summed E-state index contributed by atoms with van der Waals surface area (Å²) in [7, 11) is 0. The lowest BCUT2D eigenvalue weighted by Gasteiger charge is -2.05. The summed E-state index contributed by atoms with van der Waals surface area (Å²) in [6.45, 7) is 4.62. The van der Waals surface area contributed by atoms with Gasteiger partial charge in [-0.15, -0.1) is 5.16 Å². The van der Waals surface area contributed by atoms with Crippen LogP contribution in [0.1, 0.15) is 6.42 Å². The molecular weight excluding hydrogens is 130 g/mol. The lowest BCUT2D eigenvalue weighted by molar-refractivity contribution is 0.0708. The molecule has 0 saturated carbocycles. The predicted molar refractivity (Wildman–Crippen MR) is 36.2 cm³/mol. The van der Waals surface area contributed by atoms with Crippen LogP contribution >= 0.6 is 0 Å². The second kappa shape index (κ2) is 3.06. The van der Waals surface area contributed by atoms with Crippen molar-refractivity contribution in [2.24, 2.45) is 5.16 Å². The minimum absolute atomic E-state index is 0.0668. The first kappa shape index (κ1) is 6.87. The standard InChI is InChI=1S/C6H9N3O/c1-8-10-6-2-3-9(4-6)5-7/h6H,1-4H2/t6-/m1/s1. The highest BCUT2D eigenvalue weighted by Gasteiger charge is 2.22. The molecule has 0 bridgehead atoms. The summed E-state index contributed by atoms with van der Waals surface area (Å²) >= 11 is 0. The van der Waals surface area contributed by atoms with E-state index in [9.17, 15) is 0 Å². The van der Waals surface area contributed by atoms with Gasteiger partial charge in [-0.25, -0.2) is 0 Å². The maximum Gasteiger partial charge on any atom is 0.179 e. The van der Waals surface area contributed by atoms with Crippen molar-refractivity contribution < 1.29 is 4.84 Å². The van der Waals surface area contributed by atoms with Crippen LogP contribution in [0.15, 0.2) is 5.16 Å². The van der Waals surface area contributed by atoms with E-state index in [1.54, 1.807) is 4.90 Å². The highest BCUT2D eigenvalue weighted by atomic mass is 16.6. The monoisotopic (exact) mass is 139 g/mol. The lowest BCUT2D eigenvalue weighted by atomic mass is 10.3. The summed E-state index contributed by atoms with van der Waals surface area (Å²) in [6.07, 6.45) is 2.98. The van der Waals surface area contributed by atoms with Gasteiger partial charge in [0.05, 0.1) is 6.54 Å². The van der Waals surface area contributed by atoms with Gasteiger partial charge in [-0.05, 0) is 0 Å². The molecule has 1 atom stereocenters. The summed E-state index contributed by atoms with van der Waals surface area (Å²) in [5.74, 6) is 0. The van der Waals surface area contributed by atoms with Crippen molar-refractivity contribution in [3.05, 3.63) is 0 Å². The van der Waals surface area contributed by atoms with Gasteiger partial charge in [-0.1, -0.05) is 0 Å². The predicted octanol–water partition coefficient (Wildman–Crippen LogP) is 0.174. The molecule has 1 saturated heterocycles. The Labute approximate surface area is 59.7 Å². The molecule has 1 rings (SSSR count). The van der Waals surface area contributed by atoms with E-state index in [0.717, 1.165) is 13.0 Å². The second-order valence-electron chi connectivity index (χ2n) is 2.19. The number of nitrogens with zero attached hydrogens (tertiary/aromatic N) is 3. The van der Waals surface area contributed by atoms with Crippen LogP contribution in [0.4, 0.5) is 0 Å². The van der Waals surface area contributed by atoms with Crippen molar-refractivity contribution in [1.82, 2.24) is 4.90 Å². The molecule has 1 aliphatic heterocycles. The van der Waals surface area contributed by atoms with Crippen LogP contribution in [0.3, 0.4) is 0 Å². The number of likely N-dealkylation sites (tertiary alicyclic amines) is 1. The minimum Gasteiger partial charge on any atom is -0.391 e. The fraction of sp³-hybridized carbons (Fsp3) is 0.667. The SMILES string of the molecule is C=NO[C@@H]1CCN(C#N)C1. The molecule has 0 unspecified atom stereocenters. The van der Waals surface area contributed by atoms with Crippen LogP contribution in [0.5, 0.6) is 0 Å². The third-order valence-corrected chi connectivity index (χ3v) is 1.51. The van der Waals surface area contributed by atoms with E-state index in [0.29, 0.717) is 6.54 Å². The summed E-state index contributed by atoms with van der Waals surface area (Å²) in [5.41, 5.74) is 0. The van der Waals surface area contributed by atoms with Crippen molar-refractivity contribution >= 4 is 6.72 Å². The number of hydrogen-bond acceptors (Lipinski definition) is 4. The lowest BCUT2D eigenvalue weighted by Crippen LogP contribution is -2.16. The zero-order valence-corrected chi connectivity index (χ0v) is 5.66. The van der Waals surface area contributed by atoms with Crippen molar-refractivity contribution in [2.75, 3.05) is 13.1 Å². The Morgan fingerprint density at radius 1 is 1.80 bits per heavy atom. The largest absolute Gasteiger partial charge is 0.391 e. The molecule has 54 valence electrons. The van der Waals surface area contributed by atoms with E-state index >= 15 is 0 Å². The van der Waals surface area contributed by atoms with Crippen LogP contribution < -0.4 is 0 Å². The van der Waals surface area contributed by atoms with Crippen LogP contribution in [-0.4, -0.2) is 30.8 Å². The molecule has 1 heterocycles. The van der Waals surface area contributed by atoms with E-state index in [2.05, 4.69) is 11.9 Å². The Bertz CT molecular complexity index is 163. The average Bonchev–Trinajstić information content (AvgIpc) is 2.37. The highest BCUT2D eigenvalue weighted by molar-refractivity contribution is 5.21. The Balaban J connectivity index is 2.30. The molecular formula is C6H9N3O. The summed E-state index contributed by atoms with van der Waals surface area (Å²) < 4.78 is 0. The first-order valence-corrected chi connectivity index (χ1v) is 3.13. The molecule has 0 N–H and O–H groups in total. The number of nitriles is 1. The quantitative estimate of drug-likeness (QED) is 0.311. The van der Waals surface area contributed by atoms with E-state index in [1.165, 1.54) is 0 Å². The van der Waals surface area contributed by atoms with Crippen molar-refractivity contribution in [3.63, 3.8) is 0 Å². The molecule has 4 heteroatoms. The Morgan fingerprint density at radius 2 is 2.60 bits per heavy atom. The molecule has 0 aromatic rings. The maximum atomic E-state index is 8.43. The molecule has 0 aliphatic carbocycles. The van der Waals surface area contributed by atoms with Gasteiger partial charge in [0.25, 0.3) is 0 Å². The second-order valence-corrected chi connectivity index (χ2v) is 2.19. The molecule has 1 aliphatic rings. The van der Waals surface area contributed by atoms with Crippen LogP contribution in [0.25, 0.3) is 0 Å². The van der Waals surface area contributed by atoms with Crippen molar-refractivity contribution in [1.29, 1.82) is 5.26 Å². The minimum atomic E-state index is 0.0668. The Hall–Kier alpha value is -1.24. The molecule has 10 heavy (non-hydrogen) atoms. The fourth-order valence-electron chi connectivity index (χ4n) is 1.01. The smallest absolute Gasteiger partial charge is 0.179 e. The molecule has 0 aromatic heterocycles. The highest BCUT2D eigenvalue weighted by Crippen LogP contribution is 2.10. The summed E-state index contributed by atoms with van der Waals surface area (Å²) in [6, 6.07) is 0.